The van der Waals surface area contributed by atoms with Crippen LogP contribution >= 0.6 is 0 Å². The number of rotatable bonds is 4. The highest BCUT2D eigenvalue weighted by atomic mass is 16.5. The second kappa shape index (κ2) is 6.16. The van der Waals surface area contributed by atoms with E-state index in [1.54, 1.807) is 7.11 Å². The minimum atomic E-state index is -0.261. The topological polar surface area (TPSA) is 51.3 Å². The van der Waals surface area contributed by atoms with Crippen molar-refractivity contribution in [3.8, 4) is 17.0 Å². The van der Waals surface area contributed by atoms with Gasteiger partial charge in [-0.3, -0.25) is 4.79 Å². The van der Waals surface area contributed by atoms with Gasteiger partial charge < -0.3 is 14.5 Å². The van der Waals surface area contributed by atoms with Crippen LogP contribution in [0.5, 0.6) is 5.75 Å². The molecule has 23 heavy (non-hydrogen) atoms. The van der Waals surface area contributed by atoms with Crippen LogP contribution in [0.3, 0.4) is 0 Å². The van der Waals surface area contributed by atoms with E-state index in [1.807, 2.05) is 43.3 Å². The number of benzene rings is 2. The molecule has 3 rings (SSSR count). The molecule has 1 heterocycles. The quantitative estimate of drug-likeness (QED) is 0.744. The molecule has 0 spiro atoms. The fraction of sp³-hybridized carbons (Fsp3) is 0.211. The van der Waals surface area contributed by atoms with Gasteiger partial charge in [0.15, 0.2) is 0 Å². The number of carbonyl (C=O) groups is 1. The Balaban J connectivity index is 2.26. The lowest BCUT2D eigenvalue weighted by Crippen LogP contribution is -2.05. The van der Waals surface area contributed by atoms with Crippen LogP contribution in [0.15, 0.2) is 42.5 Å². The highest BCUT2D eigenvalue weighted by Crippen LogP contribution is 2.36. The average Bonchev–Trinajstić information content (AvgIpc) is 2.92. The monoisotopic (exact) mass is 309 g/mol. The number of hydrogen-bond acceptors (Lipinski definition) is 3. The molecule has 2 aromatic carbocycles. The van der Waals surface area contributed by atoms with Gasteiger partial charge in [0.2, 0.25) is 0 Å². The summed E-state index contributed by atoms with van der Waals surface area (Å²) in [5, 5.41) is 1.04. The summed E-state index contributed by atoms with van der Waals surface area (Å²) in [6.07, 6.45) is 0.216. The Morgan fingerprint density at radius 2 is 1.91 bits per heavy atom. The first-order valence-corrected chi connectivity index (χ1v) is 7.45. The zero-order valence-corrected chi connectivity index (χ0v) is 13.5. The number of ether oxygens (including phenoxy) is 2. The van der Waals surface area contributed by atoms with Crippen LogP contribution in [0.2, 0.25) is 0 Å². The van der Waals surface area contributed by atoms with Gasteiger partial charge in [0, 0.05) is 16.5 Å². The first-order chi connectivity index (χ1) is 11.1. The van der Waals surface area contributed by atoms with E-state index in [0.717, 1.165) is 39.0 Å². The van der Waals surface area contributed by atoms with E-state index in [9.17, 15) is 4.79 Å². The molecular weight excluding hydrogens is 290 g/mol. The second-order valence-corrected chi connectivity index (χ2v) is 5.48. The van der Waals surface area contributed by atoms with Crippen LogP contribution in [-0.2, 0) is 16.0 Å². The summed E-state index contributed by atoms with van der Waals surface area (Å²) < 4.78 is 10.3. The van der Waals surface area contributed by atoms with Crippen molar-refractivity contribution in [2.75, 3.05) is 14.2 Å². The lowest BCUT2D eigenvalue weighted by atomic mass is 10.0. The van der Waals surface area contributed by atoms with Gasteiger partial charge in [-0.05, 0) is 36.8 Å². The SMILES string of the molecule is COC(=O)Cc1c(-c2ccccc2OC)[nH]c2ccc(C)cc12. The third-order valence-corrected chi connectivity index (χ3v) is 3.99. The van der Waals surface area contributed by atoms with E-state index in [2.05, 4.69) is 11.1 Å². The maximum absolute atomic E-state index is 11.9. The van der Waals surface area contributed by atoms with Crippen molar-refractivity contribution < 1.29 is 14.3 Å². The van der Waals surface area contributed by atoms with E-state index in [4.69, 9.17) is 9.47 Å². The number of hydrogen-bond donors (Lipinski definition) is 1. The third-order valence-electron chi connectivity index (χ3n) is 3.99. The summed E-state index contributed by atoms with van der Waals surface area (Å²) in [5.41, 5.74) is 4.90. The number of para-hydroxylation sites is 1. The van der Waals surface area contributed by atoms with Crippen molar-refractivity contribution in [3.05, 3.63) is 53.6 Å². The summed E-state index contributed by atoms with van der Waals surface area (Å²) >= 11 is 0. The zero-order chi connectivity index (χ0) is 16.4. The fourth-order valence-corrected chi connectivity index (χ4v) is 2.84. The third kappa shape index (κ3) is 2.80. The first kappa shape index (κ1) is 15.2. The number of esters is 1. The van der Waals surface area contributed by atoms with Crippen molar-refractivity contribution in [3.63, 3.8) is 0 Å². The molecule has 0 radical (unpaired) electrons. The van der Waals surface area contributed by atoms with Crippen LogP contribution in [0.25, 0.3) is 22.2 Å². The number of H-pyrrole nitrogens is 1. The lowest BCUT2D eigenvalue weighted by molar-refractivity contribution is -0.139. The fourth-order valence-electron chi connectivity index (χ4n) is 2.84. The van der Waals surface area contributed by atoms with Crippen molar-refractivity contribution in [2.24, 2.45) is 0 Å². The average molecular weight is 309 g/mol. The predicted molar refractivity (Wildman–Crippen MR) is 90.7 cm³/mol. The Kier molecular flexibility index (Phi) is 4.06. The van der Waals surface area contributed by atoms with E-state index < -0.39 is 0 Å². The molecule has 0 aliphatic heterocycles. The van der Waals surface area contributed by atoms with Crippen molar-refractivity contribution >= 4 is 16.9 Å². The normalized spacial score (nSPS) is 10.7. The molecule has 0 saturated carbocycles. The number of aromatic amines is 1. The number of methoxy groups -OCH3 is 2. The molecule has 0 bridgehead atoms. The molecular formula is C19H19NO3. The Morgan fingerprint density at radius 3 is 2.65 bits per heavy atom. The maximum atomic E-state index is 11.9. The largest absolute Gasteiger partial charge is 0.496 e. The number of aromatic nitrogens is 1. The minimum absolute atomic E-state index is 0.216. The number of carbonyl (C=O) groups excluding carboxylic acids is 1. The summed E-state index contributed by atoms with van der Waals surface area (Å²) in [5.74, 6) is 0.505. The van der Waals surface area contributed by atoms with Crippen LogP contribution in [0.4, 0.5) is 0 Å². The summed E-state index contributed by atoms with van der Waals surface area (Å²) in [4.78, 5) is 15.3. The summed E-state index contributed by atoms with van der Waals surface area (Å²) in [6.45, 7) is 2.04. The highest BCUT2D eigenvalue weighted by Gasteiger charge is 2.18. The van der Waals surface area contributed by atoms with Crippen molar-refractivity contribution in [1.82, 2.24) is 4.98 Å². The molecule has 0 fully saturated rings. The van der Waals surface area contributed by atoms with Gasteiger partial charge in [-0.2, -0.15) is 0 Å². The second-order valence-electron chi connectivity index (χ2n) is 5.48. The number of nitrogens with one attached hydrogen (secondary N) is 1. The van der Waals surface area contributed by atoms with Gasteiger partial charge in [-0.15, -0.1) is 0 Å². The van der Waals surface area contributed by atoms with Gasteiger partial charge in [-0.1, -0.05) is 23.8 Å². The Bertz CT molecular complexity index is 864. The molecule has 3 aromatic rings. The molecule has 0 amide bonds. The molecule has 0 saturated heterocycles. The Labute approximate surface area is 135 Å². The van der Waals surface area contributed by atoms with E-state index in [-0.39, 0.29) is 12.4 Å². The van der Waals surface area contributed by atoms with Crippen LogP contribution in [-0.4, -0.2) is 25.2 Å². The molecule has 4 nitrogen and oxygen atoms in total. The van der Waals surface area contributed by atoms with Gasteiger partial charge in [0.05, 0.1) is 26.3 Å². The maximum Gasteiger partial charge on any atom is 0.310 e. The molecule has 0 aliphatic carbocycles. The smallest absolute Gasteiger partial charge is 0.310 e. The van der Waals surface area contributed by atoms with Crippen molar-refractivity contribution in [2.45, 2.75) is 13.3 Å². The number of aryl methyl sites for hydroxylation is 1. The summed E-state index contributed by atoms with van der Waals surface area (Å²) in [6, 6.07) is 13.9. The van der Waals surface area contributed by atoms with Crippen LogP contribution in [0, 0.1) is 6.92 Å². The van der Waals surface area contributed by atoms with E-state index >= 15 is 0 Å². The minimum Gasteiger partial charge on any atom is -0.496 e. The van der Waals surface area contributed by atoms with Gasteiger partial charge in [0.25, 0.3) is 0 Å². The molecule has 0 aliphatic rings. The zero-order valence-electron chi connectivity index (χ0n) is 13.5. The lowest BCUT2D eigenvalue weighted by Gasteiger charge is -2.09. The Morgan fingerprint density at radius 1 is 1.13 bits per heavy atom. The van der Waals surface area contributed by atoms with Crippen LogP contribution in [0.1, 0.15) is 11.1 Å². The molecule has 0 atom stereocenters. The number of fused-ring (bicyclic) bond motifs is 1. The van der Waals surface area contributed by atoms with E-state index in [0.29, 0.717) is 0 Å². The predicted octanol–water partition coefficient (Wildman–Crippen LogP) is 3.87. The molecule has 1 aromatic heterocycles. The highest BCUT2D eigenvalue weighted by molar-refractivity contribution is 5.95. The van der Waals surface area contributed by atoms with Crippen LogP contribution < -0.4 is 4.74 Å². The Hall–Kier alpha value is -2.75. The molecule has 118 valence electrons. The molecule has 4 heteroatoms. The first-order valence-electron chi connectivity index (χ1n) is 7.45. The molecule has 1 N–H and O–H groups in total. The van der Waals surface area contributed by atoms with Crippen molar-refractivity contribution in [1.29, 1.82) is 0 Å². The van der Waals surface area contributed by atoms with Gasteiger partial charge >= 0.3 is 5.97 Å². The van der Waals surface area contributed by atoms with Gasteiger partial charge in [0.1, 0.15) is 5.75 Å². The molecule has 0 unspecified atom stereocenters. The van der Waals surface area contributed by atoms with E-state index in [1.165, 1.54) is 7.11 Å². The standard InChI is InChI=1S/C19H19NO3/c1-12-8-9-16-14(10-12)15(11-18(21)23-3)19(20-16)13-6-4-5-7-17(13)22-2/h4-10,20H,11H2,1-3H3. The van der Waals surface area contributed by atoms with Gasteiger partial charge in [-0.25, -0.2) is 0 Å². The summed E-state index contributed by atoms with van der Waals surface area (Å²) in [7, 11) is 3.05.